The van der Waals surface area contributed by atoms with E-state index in [-0.39, 0.29) is 12.5 Å². The van der Waals surface area contributed by atoms with Crippen molar-refractivity contribution in [3.8, 4) is 0 Å². The van der Waals surface area contributed by atoms with E-state index in [1.807, 2.05) is 32.0 Å². The standard InChI is InChI=1S/C20H25N3O4S/c1-14-7-6-8-15(2)19(14)21-18(24)13-23(28(5,26)27)17-11-9-16(10-12-17)20(25)22(3)4/h6-12H,13H2,1-5H3,(H,21,24). The van der Waals surface area contributed by atoms with E-state index in [1.54, 1.807) is 26.2 Å². The van der Waals surface area contributed by atoms with E-state index in [1.165, 1.54) is 17.0 Å². The number of hydrogen-bond acceptors (Lipinski definition) is 4. The highest BCUT2D eigenvalue weighted by molar-refractivity contribution is 7.92. The number of anilines is 2. The molecule has 28 heavy (non-hydrogen) atoms. The summed E-state index contributed by atoms with van der Waals surface area (Å²) in [7, 11) is -0.426. The topological polar surface area (TPSA) is 86.8 Å². The van der Waals surface area contributed by atoms with Crippen LogP contribution >= 0.6 is 0 Å². The smallest absolute Gasteiger partial charge is 0.253 e. The number of carbonyl (C=O) groups is 2. The maximum Gasteiger partial charge on any atom is 0.253 e. The van der Waals surface area contributed by atoms with Gasteiger partial charge < -0.3 is 10.2 Å². The molecule has 2 aromatic carbocycles. The Labute approximate surface area is 166 Å². The summed E-state index contributed by atoms with van der Waals surface area (Å²) in [5.74, 6) is -0.638. The van der Waals surface area contributed by atoms with Gasteiger partial charge in [-0.25, -0.2) is 8.42 Å². The molecule has 0 aliphatic heterocycles. The number of amides is 2. The molecule has 2 rings (SSSR count). The van der Waals surface area contributed by atoms with E-state index in [0.29, 0.717) is 16.9 Å². The first-order chi connectivity index (χ1) is 13.0. The second-order valence-electron chi connectivity index (χ2n) is 6.83. The van der Waals surface area contributed by atoms with Crippen molar-refractivity contribution in [2.24, 2.45) is 0 Å². The fourth-order valence-corrected chi connectivity index (χ4v) is 3.61. The van der Waals surface area contributed by atoms with Crippen LogP contribution in [0.2, 0.25) is 0 Å². The zero-order chi connectivity index (χ0) is 21.1. The van der Waals surface area contributed by atoms with Gasteiger partial charge in [0.15, 0.2) is 0 Å². The molecule has 0 saturated carbocycles. The van der Waals surface area contributed by atoms with Crippen LogP contribution in [-0.4, -0.2) is 52.0 Å². The Morgan fingerprint density at radius 1 is 0.964 bits per heavy atom. The highest BCUT2D eigenvalue weighted by Crippen LogP contribution is 2.21. The lowest BCUT2D eigenvalue weighted by molar-refractivity contribution is -0.114. The lowest BCUT2D eigenvalue weighted by atomic mass is 10.1. The Kier molecular flexibility index (Phi) is 6.45. The summed E-state index contributed by atoms with van der Waals surface area (Å²) < 4.78 is 25.5. The Morgan fingerprint density at radius 3 is 1.96 bits per heavy atom. The number of rotatable bonds is 6. The molecular formula is C20H25N3O4S. The summed E-state index contributed by atoms with van der Waals surface area (Å²) in [6.07, 6.45) is 1.04. The molecule has 8 heteroatoms. The van der Waals surface area contributed by atoms with Crippen LogP contribution in [0.1, 0.15) is 21.5 Å². The molecule has 0 spiro atoms. The van der Waals surface area contributed by atoms with Gasteiger partial charge in [-0.05, 0) is 49.2 Å². The number of hydrogen-bond donors (Lipinski definition) is 1. The summed E-state index contributed by atoms with van der Waals surface area (Å²) in [6, 6.07) is 11.8. The molecule has 0 aliphatic carbocycles. The van der Waals surface area contributed by atoms with Crippen molar-refractivity contribution < 1.29 is 18.0 Å². The molecule has 0 aromatic heterocycles. The molecule has 1 N–H and O–H groups in total. The monoisotopic (exact) mass is 403 g/mol. The van der Waals surface area contributed by atoms with E-state index >= 15 is 0 Å². The van der Waals surface area contributed by atoms with Crippen LogP contribution < -0.4 is 9.62 Å². The van der Waals surface area contributed by atoms with E-state index in [2.05, 4.69) is 5.32 Å². The zero-order valence-corrected chi connectivity index (χ0v) is 17.5. The predicted octanol–water partition coefficient (Wildman–Crippen LogP) is 2.41. The summed E-state index contributed by atoms with van der Waals surface area (Å²) in [6.45, 7) is 3.38. The van der Waals surface area contributed by atoms with Crippen molar-refractivity contribution in [2.75, 3.05) is 36.5 Å². The Hall–Kier alpha value is -2.87. The quantitative estimate of drug-likeness (QED) is 0.802. The third kappa shape index (κ3) is 5.10. The van der Waals surface area contributed by atoms with Crippen molar-refractivity contribution in [3.63, 3.8) is 0 Å². The maximum absolute atomic E-state index is 12.5. The summed E-state index contributed by atoms with van der Waals surface area (Å²) in [5, 5.41) is 2.79. The molecule has 2 aromatic rings. The van der Waals surface area contributed by atoms with Crippen molar-refractivity contribution in [2.45, 2.75) is 13.8 Å². The molecular weight excluding hydrogens is 378 g/mol. The van der Waals surface area contributed by atoms with Gasteiger partial charge in [-0.15, -0.1) is 0 Å². The van der Waals surface area contributed by atoms with E-state index in [0.717, 1.165) is 21.7 Å². The largest absolute Gasteiger partial charge is 0.345 e. The molecule has 7 nitrogen and oxygen atoms in total. The lowest BCUT2D eigenvalue weighted by Crippen LogP contribution is -2.37. The molecule has 2 amide bonds. The predicted molar refractivity (Wildman–Crippen MR) is 111 cm³/mol. The van der Waals surface area contributed by atoms with Crippen molar-refractivity contribution in [1.29, 1.82) is 0 Å². The molecule has 150 valence electrons. The van der Waals surface area contributed by atoms with Gasteiger partial charge in [0.2, 0.25) is 15.9 Å². The minimum atomic E-state index is -3.70. The average Bonchev–Trinajstić information content (AvgIpc) is 2.61. The molecule has 0 atom stereocenters. The second-order valence-corrected chi connectivity index (χ2v) is 8.74. The van der Waals surface area contributed by atoms with Crippen molar-refractivity contribution in [1.82, 2.24) is 4.90 Å². The number of nitrogens with zero attached hydrogens (tertiary/aromatic N) is 2. The molecule has 0 aliphatic rings. The first-order valence-electron chi connectivity index (χ1n) is 8.66. The minimum Gasteiger partial charge on any atom is -0.345 e. The third-order valence-corrected chi connectivity index (χ3v) is 5.38. The van der Waals surface area contributed by atoms with Crippen LogP contribution in [0.5, 0.6) is 0 Å². The number of sulfonamides is 1. The normalized spacial score (nSPS) is 11.0. The van der Waals surface area contributed by atoms with Crippen LogP contribution in [0.25, 0.3) is 0 Å². The number of benzene rings is 2. The fourth-order valence-electron chi connectivity index (χ4n) is 2.75. The number of aryl methyl sites for hydroxylation is 2. The molecule has 0 saturated heterocycles. The van der Waals surface area contributed by atoms with Crippen LogP contribution in [0.4, 0.5) is 11.4 Å². The fraction of sp³-hybridized carbons (Fsp3) is 0.300. The molecule has 0 radical (unpaired) electrons. The molecule has 0 heterocycles. The van der Waals surface area contributed by atoms with E-state index in [9.17, 15) is 18.0 Å². The van der Waals surface area contributed by atoms with Gasteiger partial charge in [0, 0.05) is 25.3 Å². The Morgan fingerprint density at radius 2 is 1.50 bits per heavy atom. The van der Waals surface area contributed by atoms with Crippen molar-refractivity contribution >= 4 is 33.2 Å². The van der Waals surface area contributed by atoms with Crippen LogP contribution in [0, 0.1) is 13.8 Å². The van der Waals surface area contributed by atoms with Gasteiger partial charge in [0.05, 0.1) is 11.9 Å². The van der Waals surface area contributed by atoms with Crippen LogP contribution in [0.15, 0.2) is 42.5 Å². The maximum atomic E-state index is 12.5. The highest BCUT2D eigenvalue weighted by Gasteiger charge is 2.22. The van der Waals surface area contributed by atoms with Gasteiger partial charge >= 0.3 is 0 Å². The van der Waals surface area contributed by atoms with Gasteiger partial charge in [0.1, 0.15) is 6.54 Å². The summed E-state index contributed by atoms with van der Waals surface area (Å²) in [4.78, 5) is 26.0. The molecule has 0 unspecified atom stereocenters. The van der Waals surface area contributed by atoms with E-state index < -0.39 is 15.9 Å². The zero-order valence-electron chi connectivity index (χ0n) is 16.7. The first kappa shape index (κ1) is 21.4. The average molecular weight is 404 g/mol. The third-order valence-electron chi connectivity index (χ3n) is 4.24. The first-order valence-corrected chi connectivity index (χ1v) is 10.5. The van der Waals surface area contributed by atoms with Gasteiger partial charge in [0.25, 0.3) is 5.91 Å². The van der Waals surface area contributed by atoms with Crippen molar-refractivity contribution in [3.05, 3.63) is 59.2 Å². The lowest BCUT2D eigenvalue weighted by Gasteiger charge is -2.23. The van der Waals surface area contributed by atoms with Gasteiger partial charge in [-0.2, -0.15) is 0 Å². The summed E-state index contributed by atoms with van der Waals surface area (Å²) >= 11 is 0. The minimum absolute atomic E-state index is 0.190. The SMILES string of the molecule is Cc1cccc(C)c1NC(=O)CN(c1ccc(C(=O)N(C)C)cc1)S(C)(=O)=O. The van der Waals surface area contributed by atoms with Crippen LogP contribution in [0.3, 0.4) is 0 Å². The highest BCUT2D eigenvalue weighted by atomic mass is 32.2. The Balaban J connectivity index is 2.25. The number of nitrogens with one attached hydrogen (secondary N) is 1. The second kappa shape index (κ2) is 8.43. The van der Waals surface area contributed by atoms with Gasteiger partial charge in [-0.1, -0.05) is 18.2 Å². The van der Waals surface area contributed by atoms with E-state index in [4.69, 9.17) is 0 Å². The summed E-state index contributed by atoms with van der Waals surface area (Å²) in [5.41, 5.74) is 3.21. The van der Waals surface area contributed by atoms with Crippen LogP contribution in [-0.2, 0) is 14.8 Å². The molecule has 0 bridgehead atoms. The van der Waals surface area contributed by atoms with Gasteiger partial charge in [-0.3, -0.25) is 13.9 Å². The Bertz CT molecular complexity index is 963. The number of carbonyl (C=O) groups excluding carboxylic acids is 2. The number of para-hydroxylation sites is 1. The molecule has 0 fully saturated rings.